The van der Waals surface area contributed by atoms with Crippen molar-refractivity contribution in [1.29, 1.82) is 0 Å². The molecule has 2 amide bonds. The second kappa shape index (κ2) is 7.77. The molecule has 29 heavy (non-hydrogen) atoms. The molecule has 1 saturated heterocycles. The number of carbonyl (C=O) groups excluding carboxylic acids is 2. The number of nitrogens with one attached hydrogen (secondary N) is 1. The highest BCUT2D eigenvalue weighted by Gasteiger charge is 2.35. The fraction of sp³-hybridized carbons (Fsp3) is 0.211. The Morgan fingerprint density at radius 1 is 1.17 bits per heavy atom. The van der Waals surface area contributed by atoms with Crippen molar-refractivity contribution in [3.8, 4) is 0 Å². The number of anilines is 1. The van der Waals surface area contributed by atoms with Crippen LogP contribution in [-0.2, 0) is 14.6 Å². The molecule has 0 spiro atoms. The summed E-state index contributed by atoms with van der Waals surface area (Å²) >= 11 is 2.73. The average Bonchev–Trinajstić information content (AvgIpc) is 3.33. The summed E-state index contributed by atoms with van der Waals surface area (Å²) in [6, 6.07) is 12.9. The van der Waals surface area contributed by atoms with Crippen molar-refractivity contribution in [3.63, 3.8) is 0 Å². The van der Waals surface area contributed by atoms with E-state index in [1.54, 1.807) is 41.3 Å². The van der Waals surface area contributed by atoms with Gasteiger partial charge in [0.15, 0.2) is 15.0 Å². The number of amides is 2. The third kappa shape index (κ3) is 4.14. The zero-order valence-electron chi connectivity index (χ0n) is 15.4. The van der Waals surface area contributed by atoms with Crippen LogP contribution in [0.1, 0.15) is 10.4 Å². The molecule has 2 aromatic carbocycles. The molecule has 0 aliphatic carbocycles. The third-order valence-corrected chi connectivity index (χ3v) is 7.54. The first-order valence-electron chi connectivity index (χ1n) is 8.68. The molecule has 0 saturated carbocycles. The number of sulfone groups is 1. The van der Waals surface area contributed by atoms with E-state index in [2.05, 4.69) is 10.3 Å². The van der Waals surface area contributed by atoms with E-state index in [1.807, 2.05) is 6.07 Å². The lowest BCUT2D eigenvalue weighted by atomic mass is 10.1. The van der Waals surface area contributed by atoms with Gasteiger partial charge >= 0.3 is 0 Å². The Balaban J connectivity index is 1.53. The summed E-state index contributed by atoms with van der Waals surface area (Å²) < 4.78 is 24.1. The first-order chi connectivity index (χ1) is 13.8. The SMILES string of the molecule is CS(=O)(=O)c1ccc2nc(NC(=O)[C@@H]3CSCN3C(=O)c3ccccc3)sc2c1. The predicted molar refractivity (Wildman–Crippen MR) is 115 cm³/mol. The van der Waals surface area contributed by atoms with Crippen LogP contribution in [0.5, 0.6) is 0 Å². The van der Waals surface area contributed by atoms with Gasteiger partial charge in [0.05, 0.1) is 21.0 Å². The van der Waals surface area contributed by atoms with Crippen LogP contribution in [0, 0.1) is 0 Å². The van der Waals surface area contributed by atoms with Crippen molar-refractivity contribution in [2.45, 2.75) is 10.9 Å². The number of thiazole rings is 1. The Morgan fingerprint density at radius 2 is 1.93 bits per heavy atom. The van der Waals surface area contributed by atoms with Gasteiger partial charge in [-0.1, -0.05) is 29.5 Å². The lowest BCUT2D eigenvalue weighted by molar-refractivity contribution is -0.119. The lowest BCUT2D eigenvalue weighted by Crippen LogP contribution is -2.44. The van der Waals surface area contributed by atoms with Gasteiger partial charge in [0, 0.05) is 17.6 Å². The van der Waals surface area contributed by atoms with Crippen molar-refractivity contribution in [1.82, 2.24) is 9.88 Å². The number of fused-ring (bicyclic) bond motifs is 1. The average molecular weight is 448 g/mol. The normalized spacial score (nSPS) is 16.9. The summed E-state index contributed by atoms with van der Waals surface area (Å²) in [5.74, 6) is 0.469. The standard InChI is InChI=1S/C19H17N3O4S3/c1-29(25,26)13-7-8-14-16(9-13)28-19(20-14)21-17(23)15-10-27-11-22(15)18(24)12-5-3-2-4-6-12/h2-9,15H,10-11H2,1H3,(H,20,21,23)/t15-/m0/s1. The summed E-state index contributed by atoms with van der Waals surface area (Å²) in [6.45, 7) is 0. The summed E-state index contributed by atoms with van der Waals surface area (Å²) in [5, 5.41) is 3.15. The van der Waals surface area contributed by atoms with E-state index in [9.17, 15) is 18.0 Å². The molecule has 2 heterocycles. The summed E-state index contributed by atoms with van der Waals surface area (Å²) in [7, 11) is -3.32. The van der Waals surface area contributed by atoms with Crippen LogP contribution in [0.3, 0.4) is 0 Å². The van der Waals surface area contributed by atoms with Crippen molar-refractivity contribution in [2.75, 3.05) is 23.2 Å². The number of aromatic nitrogens is 1. The molecule has 1 N–H and O–H groups in total. The first-order valence-corrected chi connectivity index (χ1v) is 12.5. The van der Waals surface area contributed by atoms with E-state index >= 15 is 0 Å². The minimum atomic E-state index is -3.32. The number of nitrogens with zero attached hydrogens (tertiary/aromatic N) is 2. The first kappa shape index (κ1) is 19.9. The molecule has 3 aromatic rings. The van der Waals surface area contributed by atoms with Crippen LogP contribution < -0.4 is 5.32 Å². The molecule has 0 bridgehead atoms. The highest BCUT2D eigenvalue weighted by molar-refractivity contribution is 7.99. The van der Waals surface area contributed by atoms with Crippen molar-refractivity contribution in [2.24, 2.45) is 0 Å². The molecule has 7 nitrogen and oxygen atoms in total. The maximum absolute atomic E-state index is 12.8. The van der Waals surface area contributed by atoms with Gasteiger partial charge in [0.25, 0.3) is 5.91 Å². The molecular formula is C19H17N3O4S3. The number of hydrogen-bond acceptors (Lipinski definition) is 7. The van der Waals surface area contributed by atoms with Gasteiger partial charge in [-0.15, -0.1) is 11.8 Å². The summed E-state index contributed by atoms with van der Waals surface area (Å²) in [6.07, 6.45) is 1.15. The van der Waals surface area contributed by atoms with E-state index < -0.39 is 15.9 Å². The Bertz CT molecular complexity index is 1190. The van der Waals surface area contributed by atoms with E-state index in [-0.39, 0.29) is 16.7 Å². The highest BCUT2D eigenvalue weighted by Crippen LogP contribution is 2.30. The van der Waals surface area contributed by atoms with Crippen LogP contribution in [0.25, 0.3) is 10.2 Å². The van der Waals surface area contributed by atoms with Crippen LogP contribution in [0.2, 0.25) is 0 Å². The van der Waals surface area contributed by atoms with Crippen LogP contribution in [0.15, 0.2) is 53.4 Å². The second-order valence-electron chi connectivity index (χ2n) is 6.57. The zero-order chi connectivity index (χ0) is 20.6. The van der Waals surface area contributed by atoms with E-state index in [0.29, 0.717) is 32.5 Å². The zero-order valence-corrected chi connectivity index (χ0v) is 17.8. The molecular weight excluding hydrogens is 430 g/mol. The Morgan fingerprint density at radius 3 is 2.66 bits per heavy atom. The molecule has 0 radical (unpaired) electrons. The number of hydrogen-bond donors (Lipinski definition) is 1. The number of benzene rings is 2. The highest BCUT2D eigenvalue weighted by atomic mass is 32.2. The maximum Gasteiger partial charge on any atom is 0.255 e. The third-order valence-electron chi connectivity index (χ3n) is 4.48. The van der Waals surface area contributed by atoms with Crippen molar-refractivity contribution in [3.05, 3.63) is 54.1 Å². The minimum Gasteiger partial charge on any atom is -0.316 e. The van der Waals surface area contributed by atoms with Crippen LogP contribution >= 0.6 is 23.1 Å². The lowest BCUT2D eigenvalue weighted by Gasteiger charge is -2.22. The molecule has 4 rings (SSSR count). The van der Waals surface area contributed by atoms with Gasteiger partial charge in [-0.25, -0.2) is 13.4 Å². The van der Waals surface area contributed by atoms with E-state index in [1.165, 1.54) is 29.2 Å². The number of thioether (sulfide) groups is 1. The van der Waals surface area contributed by atoms with Gasteiger partial charge in [0.1, 0.15) is 6.04 Å². The molecule has 150 valence electrons. The molecule has 1 aliphatic rings. The number of rotatable bonds is 4. The van der Waals surface area contributed by atoms with Gasteiger partial charge in [-0.2, -0.15) is 0 Å². The van der Waals surface area contributed by atoms with Gasteiger partial charge in [-0.05, 0) is 30.3 Å². The van der Waals surface area contributed by atoms with Gasteiger partial charge in [-0.3, -0.25) is 9.59 Å². The molecule has 1 aromatic heterocycles. The largest absolute Gasteiger partial charge is 0.316 e. The Hall–Kier alpha value is -2.43. The molecule has 0 unspecified atom stereocenters. The van der Waals surface area contributed by atoms with Crippen LogP contribution in [0.4, 0.5) is 5.13 Å². The predicted octanol–water partition coefficient (Wildman–Crippen LogP) is 2.85. The number of carbonyl (C=O) groups is 2. The molecule has 1 atom stereocenters. The quantitative estimate of drug-likeness (QED) is 0.661. The topological polar surface area (TPSA) is 96.4 Å². The molecule has 10 heteroatoms. The summed E-state index contributed by atoms with van der Waals surface area (Å²) in [4.78, 5) is 31.7. The Labute approximate surface area is 176 Å². The monoisotopic (exact) mass is 447 g/mol. The maximum atomic E-state index is 12.8. The van der Waals surface area contributed by atoms with E-state index in [0.717, 1.165) is 6.26 Å². The fourth-order valence-electron chi connectivity index (χ4n) is 2.98. The molecule has 1 fully saturated rings. The van der Waals surface area contributed by atoms with Crippen molar-refractivity contribution >= 4 is 60.1 Å². The second-order valence-corrected chi connectivity index (χ2v) is 10.6. The van der Waals surface area contributed by atoms with E-state index in [4.69, 9.17) is 0 Å². The smallest absolute Gasteiger partial charge is 0.255 e. The van der Waals surface area contributed by atoms with Gasteiger partial charge < -0.3 is 10.2 Å². The van der Waals surface area contributed by atoms with Crippen LogP contribution in [-0.4, -0.2) is 54.0 Å². The summed E-state index contributed by atoms with van der Waals surface area (Å²) in [5.41, 5.74) is 1.15. The molecule has 1 aliphatic heterocycles. The fourth-order valence-corrected chi connectivity index (χ4v) is 5.77. The Kier molecular flexibility index (Phi) is 5.32. The van der Waals surface area contributed by atoms with Crippen molar-refractivity contribution < 1.29 is 18.0 Å². The minimum absolute atomic E-state index is 0.183. The van der Waals surface area contributed by atoms with Gasteiger partial charge in [0.2, 0.25) is 5.91 Å².